The number of nitrogens with zero attached hydrogens (tertiary/aromatic N) is 1. The normalized spacial score (nSPS) is 28.6. The lowest BCUT2D eigenvalue weighted by Gasteiger charge is -2.33. The van der Waals surface area contributed by atoms with E-state index in [0.29, 0.717) is 25.0 Å². The molecule has 4 rings (SSSR count). The number of morpholine rings is 1. The molecule has 130 valence electrons. The highest BCUT2D eigenvalue weighted by Crippen LogP contribution is 2.32. The van der Waals surface area contributed by atoms with Gasteiger partial charge in [0.25, 0.3) is 0 Å². The maximum absolute atomic E-state index is 12.3. The molecule has 1 aromatic rings. The second-order valence-electron chi connectivity index (χ2n) is 6.94. The van der Waals surface area contributed by atoms with E-state index in [2.05, 4.69) is 17.1 Å². The summed E-state index contributed by atoms with van der Waals surface area (Å²) in [6, 6.07) is 6.57. The van der Waals surface area contributed by atoms with Gasteiger partial charge in [-0.15, -0.1) is 0 Å². The molecule has 0 saturated carbocycles. The highest BCUT2D eigenvalue weighted by molar-refractivity contribution is 5.76. The van der Waals surface area contributed by atoms with Crippen LogP contribution in [0.2, 0.25) is 0 Å². The van der Waals surface area contributed by atoms with E-state index in [9.17, 15) is 4.79 Å². The van der Waals surface area contributed by atoms with Crippen LogP contribution in [0.1, 0.15) is 25.3 Å². The topological polar surface area (TPSA) is 60.0 Å². The van der Waals surface area contributed by atoms with Gasteiger partial charge in [-0.1, -0.05) is 6.07 Å². The first kappa shape index (κ1) is 15.7. The monoisotopic (exact) mass is 332 g/mol. The lowest BCUT2D eigenvalue weighted by Crippen LogP contribution is -2.45. The van der Waals surface area contributed by atoms with Crippen LogP contribution >= 0.6 is 0 Å². The molecule has 2 fully saturated rings. The first-order valence-corrected chi connectivity index (χ1v) is 8.71. The van der Waals surface area contributed by atoms with Crippen molar-refractivity contribution in [1.82, 2.24) is 10.2 Å². The van der Waals surface area contributed by atoms with Crippen LogP contribution in [0.3, 0.4) is 0 Å². The van der Waals surface area contributed by atoms with Crippen LogP contribution in [0.4, 0.5) is 0 Å². The summed E-state index contributed by atoms with van der Waals surface area (Å²) in [6.07, 6.45) is 2.49. The largest absolute Gasteiger partial charge is 0.454 e. The van der Waals surface area contributed by atoms with E-state index in [-0.39, 0.29) is 18.7 Å². The van der Waals surface area contributed by atoms with Crippen molar-refractivity contribution in [2.45, 2.75) is 44.4 Å². The Morgan fingerprint density at radius 3 is 3.08 bits per heavy atom. The van der Waals surface area contributed by atoms with Crippen molar-refractivity contribution in [3.8, 4) is 11.5 Å². The standard InChI is InChI=1S/C18H24N2O4/c1-12-8-20-9-14(7-15(20)10-22-12)19-18(21)5-3-13-2-4-16-17(6-13)24-11-23-16/h2,4,6,12,14-15H,3,5,7-11H2,1H3,(H,19,21)/t12-,14-,15-/m0/s1. The molecule has 24 heavy (non-hydrogen) atoms. The molecule has 6 nitrogen and oxygen atoms in total. The Hall–Kier alpha value is -1.79. The summed E-state index contributed by atoms with van der Waals surface area (Å²) in [6.45, 7) is 5.07. The van der Waals surface area contributed by atoms with Gasteiger partial charge in [0.05, 0.1) is 12.7 Å². The van der Waals surface area contributed by atoms with E-state index in [1.165, 1.54) is 0 Å². The first-order valence-electron chi connectivity index (χ1n) is 8.71. The highest BCUT2D eigenvalue weighted by atomic mass is 16.7. The number of carbonyl (C=O) groups is 1. The molecule has 0 radical (unpaired) electrons. The Labute approximate surface area is 142 Å². The van der Waals surface area contributed by atoms with Gasteiger partial charge in [-0.25, -0.2) is 0 Å². The second-order valence-corrected chi connectivity index (χ2v) is 6.94. The number of aryl methyl sites for hydroxylation is 1. The van der Waals surface area contributed by atoms with Crippen molar-refractivity contribution in [3.63, 3.8) is 0 Å². The lowest BCUT2D eigenvalue weighted by atomic mass is 10.1. The summed E-state index contributed by atoms with van der Waals surface area (Å²) in [5.41, 5.74) is 1.10. The third-order valence-corrected chi connectivity index (χ3v) is 5.04. The van der Waals surface area contributed by atoms with Crippen molar-refractivity contribution in [1.29, 1.82) is 0 Å². The van der Waals surface area contributed by atoms with Crippen LogP contribution in [-0.4, -0.2) is 55.5 Å². The number of benzene rings is 1. The Balaban J connectivity index is 1.25. The molecule has 1 N–H and O–H groups in total. The van der Waals surface area contributed by atoms with Crippen LogP contribution < -0.4 is 14.8 Å². The molecule has 6 heteroatoms. The van der Waals surface area contributed by atoms with Crippen molar-refractivity contribution >= 4 is 5.91 Å². The Bertz CT molecular complexity index is 621. The zero-order valence-electron chi connectivity index (χ0n) is 14.0. The fourth-order valence-corrected chi connectivity index (χ4v) is 3.80. The van der Waals surface area contributed by atoms with Crippen LogP contribution in [0.5, 0.6) is 11.5 Å². The zero-order chi connectivity index (χ0) is 16.5. The fraction of sp³-hybridized carbons (Fsp3) is 0.611. The molecule has 1 amide bonds. The number of carbonyl (C=O) groups excluding carboxylic acids is 1. The smallest absolute Gasteiger partial charge is 0.231 e. The van der Waals surface area contributed by atoms with Gasteiger partial charge in [-0.2, -0.15) is 0 Å². The molecule has 2 saturated heterocycles. The Morgan fingerprint density at radius 1 is 1.29 bits per heavy atom. The first-order chi connectivity index (χ1) is 11.7. The highest BCUT2D eigenvalue weighted by Gasteiger charge is 2.36. The number of nitrogens with one attached hydrogen (secondary N) is 1. The molecule has 3 atom stereocenters. The third-order valence-electron chi connectivity index (χ3n) is 5.04. The van der Waals surface area contributed by atoms with Crippen LogP contribution in [-0.2, 0) is 16.0 Å². The van der Waals surface area contributed by atoms with Gasteiger partial charge in [-0.05, 0) is 37.5 Å². The number of amides is 1. The minimum Gasteiger partial charge on any atom is -0.454 e. The van der Waals surface area contributed by atoms with Gasteiger partial charge in [0.15, 0.2) is 11.5 Å². The van der Waals surface area contributed by atoms with Crippen LogP contribution in [0.25, 0.3) is 0 Å². The summed E-state index contributed by atoms with van der Waals surface area (Å²) in [7, 11) is 0. The van der Waals surface area contributed by atoms with E-state index in [1.807, 2.05) is 18.2 Å². The SMILES string of the molecule is C[C@H]1CN2C[C@@H](NC(=O)CCc3ccc4c(c3)OCO4)C[C@H]2CO1. The Morgan fingerprint density at radius 2 is 2.17 bits per heavy atom. The fourth-order valence-electron chi connectivity index (χ4n) is 3.80. The molecule has 0 spiro atoms. The summed E-state index contributed by atoms with van der Waals surface area (Å²) in [5.74, 6) is 1.67. The maximum Gasteiger partial charge on any atom is 0.231 e. The lowest BCUT2D eigenvalue weighted by molar-refractivity contribution is -0.121. The average Bonchev–Trinajstić information content (AvgIpc) is 3.17. The number of rotatable bonds is 4. The molecule has 0 bridgehead atoms. The predicted octanol–water partition coefficient (Wildman–Crippen LogP) is 1.33. The van der Waals surface area contributed by atoms with Gasteiger partial charge < -0.3 is 19.5 Å². The quantitative estimate of drug-likeness (QED) is 0.901. The van der Waals surface area contributed by atoms with Crippen molar-refractivity contribution in [2.75, 3.05) is 26.5 Å². The summed E-state index contributed by atoms with van der Waals surface area (Å²) >= 11 is 0. The van der Waals surface area contributed by atoms with Crippen LogP contribution in [0.15, 0.2) is 18.2 Å². The predicted molar refractivity (Wildman–Crippen MR) is 88.2 cm³/mol. The molecule has 3 aliphatic rings. The molecular weight excluding hydrogens is 308 g/mol. The number of fused-ring (bicyclic) bond motifs is 2. The maximum atomic E-state index is 12.3. The Kier molecular flexibility index (Phi) is 4.33. The van der Waals surface area contributed by atoms with Gasteiger partial charge >= 0.3 is 0 Å². The molecule has 0 unspecified atom stereocenters. The third kappa shape index (κ3) is 3.35. The van der Waals surface area contributed by atoms with E-state index >= 15 is 0 Å². The number of hydrogen-bond donors (Lipinski definition) is 1. The summed E-state index contributed by atoms with van der Waals surface area (Å²) in [4.78, 5) is 14.7. The minimum atomic E-state index is 0.117. The van der Waals surface area contributed by atoms with Crippen molar-refractivity contribution in [2.24, 2.45) is 0 Å². The van der Waals surface area contributed by atoms with Crippen molar-refractivity contribution in [3.05, 3.63) is 23.8 Å². The van der Waals surface area contributed by atoms with Crippen molar-refractivity contribution < 1.29 is 19.0 Å². The molecular formula is C18H24N2O4. The summed E-state index contributed by atoms with van der Waals surface area (Å²) in [5, 5.41) is 3.18. The van der Waals surface area contributed by atoms with E-state index in [1.54, 1.807) is 0 Å². The number of ether oxygens (including phenoxy) is 3. The van der Waals surface area contributed by atoms with Gasteiger partial charge in [-0.3, -0.25) is 9.69 Å². The molecule has 0 aromatic heterocycles. The summed E-state index contributed by atoms with van der Waals surface area (Å²) < 4.78 is 16.4. The van der Waals surface area contributed by atoms with E-state index < -0.39 is 0 Å². The van der Waals surface area contributed by atoms with Gasteiger partial charge in [0, 0.05) is 31.6 Å². The van der Waals surface area contributed by atoms with E-state index in [0.717, 1.165) is 43.2 Å². The average molecular weight is 332 g/mol. The minimum absolute atomic E-state index is 0.117. The molecule has 1 aromatic carbocycles. The second kappa shape index (κ2) is 6.61. The van der Waals surface area contributed by atoms with Gasteiger partial charge in [0.1, 0.15) is 0 Å². The van der Waals surface area contributed by atoms with Crippen LogP contribution in [0, 0.1) is 0 Å². The van der Waals surface area contributed by atoms with Gasteiger partial charge in [0.2, 0.25) is 12.7 Å². The zero-order valence-corrected chi connectivity index (χ0v) is 14.0. The van der Waals surface area contributed by atoms with E-state index in [4.69, 9.17) is 14.2 Å². The molecule has 3 aliphatic heterocycles. The number of hydrogen-bond acceptors (Lipinski definition) is 5. The molecule has 3 heterocycles. The molecule has 0 aliphatic carbocycles.